The lowest BCUT2D eigenvalue weighted by atomic mass is 9.82. The smallest absolute Gasteiger partial charge is 0.266 e. The number of hydrazine groups is 1. The van der Waals surface area contributed by atoms with E-state index in [4.69, 9.17) is 19.6 Å². The number of carbonyl (C=O) groups excluding carboxylic acids is 1. The summed E-state index contributed by atoms with van der Waals surface area (Å²) >= 11 is 7.26. The maximum Gasteiger partial charge on any atom is 0.266 e. The van der Waals surface area contributed by atoms with Gasteiger partial charge in [-0.2, -0.15) is 0 Å². The Morgan fingerprint density at radius 2 is 1.75 bits per heavy atom. The van der Waals surface area contributed by atoms with E-state index >= 15 is 0 Å². The fourth-order valence-electron chi connectivity index (χ4n) is 4.10. The molecule has 0 fully saturated rings. The molecule has 0 aliphatic carbocycles. The van der Waals surface area contributed by atoms with Gasteiger partial charge >= 0.3 is 0 Å². The van der Waals surface area contributed by atoms with Gasteiger partial charge in [0, 0.05) is 46.6 Å². The summed E-state index contributed by atoms with van der Waals surface area (Å²) in [7, 11) is 1.65. The van der Waals surface area contributed by atoms with E-state index in [0.717, 1.165) is 25.6 Å². The third-order valence-electron chi connectivity index (χ3n) is 5.87. The van der Waals surface area contributed by atoms with Gasteiger partial charge in [-0.15, -0.1) is 0 Å². The van der Waals surface area contributed by atoms with Gasteiger partial charge < -0.3 is 14.6 Å². The van der Waals surface area contributed by atoms with Crippen molar-refractivity contribution in [3.63, 3.8) is 0 Å². The molecule has 0 saturated heterocycles. The predicted molar refractivity (Wildman–Crippen MR) is 146 cm³/mol. The normalized spacial score (nSPS) is 18.9. The van der Waals surface area contributed by atoms with Crippen molar-refractivity contribution in [2.24, 2.45) is 4.99 Å². The number of amides is 1. The number of nitrogens with zero attached hydrogens (tertiary/aromatic N) is 1. The zero-order valence-electron chi connectivity index (χ0n) is 19.7. The topological polar surface area (TPSA) is 92.2 Å². The molecule has 1 aliphatic heterocycles. The highest BCUT2D eigenvalue weighted by atomic mass is 79.9. The number of hydrogen-bond acceptors (Lipinski definition) is 6. The lowest BCUT2D eigenvalue weighted by Gasteiger charge is -2.31. The Balaban J connectivity index is 1.79. The molecule has 3 aromatic rings. The number of rotatable bonds is 10. The molecule has 1 heterocycles. The first kappa shape index (κ1) is 26.3. The number of aliphatic imine (C=N–C) groups is 1. The Kier molecular flexibility index (Phi) is 8.79. The number of carbonyl (C=O) groups is 1. The molecule has 3 N–H and O–H groups in total. The summed E-state index contributed by atoms with van der Waals surface area (Å²) in [5.41, 5.74) is 6.70. The molecule has 7 nitrogen and oxygen atoms in total. The molecule has 0 bridgehead atoms. The van der Waals surface area contributed by atoms with Crippen molar-refractivity contribution in [2.75, 3.05) is 20.3 Å². The number of aliphatic hydroxyl groups is 1. The molecule has 188 valence electrons. The third-order valence-corrected chi connectivity index (χ3v) is 7.37. The summed E-state index contributed by atoms with van der Waals surface area (Å²) < 4.78 is 13.9. The first-order valence-electron chi connectivity index (χ1n) is 11.5. The van der Waals surface area contributed by atoms with Gasteiger partial charge in [0.15, 0.2) is 11.6 Å². The summed E-state index contributed by atoms with van der Waals surface area (Å²) in [5, 5.41) is 8.97. The lowest BCUT2D eigenvalue weighted by Crippen LogP contribution is -2.53. The van der Waals surface area contributed by atoms with Crippen LogP contribution in [0.25, 0.3) is 0 Å². The number of hydrogen-bond donors (Lipinski definition) is 3. The summed E-state index contributed by atoms with van der Waals surface area (Å²) in [6, 6.07) is 22.9. The molecule has 0 spiro atoms. The van der Waals surface area contributed by atoms with E-state index < -0.39 is 11.6 Å². The maximum absolute atomic E-state index is 13.7. The van der Waals surface area contributed by atoms with Crippen LogP contribution in [0, 0.1) is 0 Å². The van der Waals surface area contributed by atoms with Crippen LogP contribution in [0.15, 0.2) is 86.7 Å². The van der Waals surface area contributed by atoms with Gasteiger partial charge in [-0.25, -0.2) is 10.4 Å². The number of nitrogens with one attached hydrogen (secondary N) is 2. The van der Waals surface area contributed by atoms with E-state index in [2.05, 4.69) is 42.7 Å². The first-order valence-corrected chi connectivity index (χ1v) is 13.1. The number of halogens is 2. The zero-order chi connectivity index (χ0) is 25.5. The van der Waals surface area contributed by atoms with E-state index in [1.807, 2.05) is 72.8 Å². The summed E-state index contributed by atoms with van der Waals surface area (Å²) in [6.45, 7) is 0.504. The van der Waals surface area contributed by atoms with Crippen LogP contribution in [0.3, 0.4) is 0 Å². The highest BCUT2D eigenvalue weighted by molar-refractivity contribution is 9.10. The minimum Gasteiger partial charge on any atom is -0.494 e. The standard InChI is InChI=1S/C27H27Br2N3O4/c1-30-32-26(34)27(17-19-7-2-4-9-22(19)28)24(21-8-3-5-10-23(21)29)36-25(31-27)18-11-13-20(14-12-18)35-16-6-15-33/h2-5,7-14,24,30,33H,6,15-17H2,1H3,(H,32,34)/t24-,27-/m0/s1. The van der Waals surface area contributed by atoms with Crippen LogP contribution in [0.1, 0.15) is 29.2 Å². The van der Waals surface area contributed by atoms with Crippen LogP contribution in [0.5, 0.6) is 5.75 Å². The summed E-state index contributed by atoms with van der Waals surface area (Å²) in [5.74, 6) is 0.747. The highest BCUT2D eigenvalue weighted by Gasteiger charge is 2.54. The second-order valence-electron chi connectivity index (χ2n) is 8.28. The summed E-state index contributed by atoms with van der Waals surface area (Å²) in [6.07, 6.45) is 0.173. The van der Waals surface area contributed by atoms with Crippen LogP contribution in [0.4, 0.5) is 0 Å². The van der Waals surface area contributed by atoms with Crippen molar-refractivity contribution in [1.82, 2.24) is 10.9 Å². The van der Waals surface area contributed by atoms with Crippen molar-refractivity contribution in [1.29, 1.82) is 0 Å². The molecular weight excluding hydrogens is 590 g/mol. The van der Waals surface area contributed by atoms with Gasteiger partial charge in [0.1, 0.15) is 5.75 Å². The van der Waals surface area contributed by atoms with Crippen molar-refractivity contribution >= 4 is 43.7 Å². The number of benzene rings is 3. The Hall–Kier alpha value is -2.72. The van der Waals surface area contributed by atoms with Crippen LogP contribution in [-0.2, 0) is 16.0 Å². The zero-order valence-corrected chi connectivity index (χ0v) is 22.9. The van der Waals surface area contributed by atoms with Crippen LogP contribution in [-0.4, -0.2) is 42.7 Å². The van der Waals surface area contributed by atoms with Gasteiger partial charge in [-0.1, -0.05) is 68.3 Å². The Bertz CT molecular complexity index is 1240. The van der Waals surface area contributed by atoms with Gasteiger partial charge in [-0.3, -0.25) is 10.2 Å². The fraction of sp³-hybridized carbons (Fsp3) is 0.259. The van der Waals surface area contributed by atoms with E-state index in [1.54, 1.807) is 7.05 Å². The number of ether oxygens (including phenoxy) is 2. The van der Waals surface area contributed by atoms with Crippen LogP contribution < -0.4 is 15.6 Å². The van der Waals surface area contributed by atoms with Gasteiger partial charge in [-0.05, 0) is 42.0 Å². The van der Waals surface area contributed by atoms with Gasteiger partial charge in [0.25, 0.3) is 5.91 Å². The predicted octanol–water partition coefficient (Wildman–Crippen LogP) is 4.72. The van der Waals surface area contributed by atoms with Crippen LogP contribution >= 0.6 is 31.9 Å². The molecule has 4 rings (SSSR count). The molecule has 0 radical (unpaired) electrons. The largest absolute Gasteiger partial charge is 0.494 e. The van der Waals surface area contributed by atoms with Crippen LogP contribution in [0.2, 0.25) is 0 Å². The van der Waals surface area contributed by atoms with Crippen molar-refractivity contribution < 1.29 is 19.4 Å². The minimum atomic E-state index is -1.29. The minimum absolute atomic E-state index is 0.0768. The van der Waals surface area contributed by atoms with E-state index in [0.29, 0.717) is 31.1 Å². The molecule has 0 saturated carbocycles. The molecule has 9 heteroatoms. The van der Waals surface area contributed by atoms with Crippen molar-refractivity contribution in [2.45, 2.75) is 24.5 Å². The Labute approximate surface area is 227 Å². The van der Waals surface area contributed by atoms with Crippen molar-refractivity contribution in [3.8, 4) is 5.75 Å². The Morgan fingerprint density at radius 1 is 1.06 bits per heavy atom. The number of aliphatic hydroxyl groups excluding tert-OH is 1. The monoisotopic (exact) mass is 615 g/mol. The average molecular weight is 617 g/mol. The molecule has 3 aromatic carbocycles. The highest BCUT2D eigenvalue weighted by Crippen LogP contribution is 2.45. The second kappa shape index (κ2) is 12.0. The molecular formula is C27H27Br2N3O4. The first-order chi connectivity index (χ1) is 17.5. The van der Waals surface area contributed by atoms with Gasteiger partial charge in [0.2, 0.25) is 5.90 Å². The maximum atomic E-state index is 13.7. The fourth-order valence-corrected chi connectivity index (χ4v) is 5.02. The molecule has 1 amide bonds. The molecule has 0 unspecified atom stereocenters. The lowest BCUT2D eigenvalue weighted by molar-refractivity contribution is -0.129. The quantitative estimate of drug-likeness (QED) is 0.226. The van der Waals surface area contributed by atoms with E-state index in [-0.39, 0.29) is 12.5 Å². The van der Waals surface area contributed by atoms with Gasteiger partial charge in [0.05, 0.1) is 6.61 Å². The molecule has 1 aliphatic rings. The average Bonchev–Trinajstić information content (AvgIpc) is 3.27. The SMILES string of the molecule is CNNC(=O)[C@@]1(Cc2ccccc2Br)N=C(c2ccc(OCCCO)cc2)O[C@H]1c1ccccc1Br. The van der Waals surface area contributed by atoms with E-state index in [9.17, 15) is 4.79 Å². The Morgan fingerprint density at radius 3 is 2.42 bits per heavy atom. The molecule has 0 aromatic heterocycles. The second-order valence-corrected chi connectivity index (χ2v) is 9.99. The molecule has 2 atom stereocenters. The van der Waals surface area contributed by atoms with Crippen molar-refractivity contribution in [3.05, 3.63) is 98.4 Å². The summed E-state index contributed by atoms with van der Waals surface area (Å²) in [4.78, 5) is 18.7. The third kappa shape index (κ3) is 5.64. The molecule has 36 heavy (non-hydrogen) atoms. The van der Waals surface area contributed by atoms with E-state index in [1.165, 1.54) is 0 Å².